The summed E-state index contributed by atoms with van der Waals surface area (Å²) >= 11 is 0. The number of aromatic nitrogens is 1. The fourth-order valence-corrected chi connectivity index (χ4v) is 6.45. The molecule has 3 heterocycles. The van der Waals surface area contributed by atoms with Gasteiger partial charge >= 0.3 is 5.97 Å². The van der Waals surface area contributed by atoms with Crippen molar-refractivity contribution in [2.24, 2.45) is 0 Å². The predicted octanol–water partition coefficient (Wildman–Crippen LogP) is 5.38. The van der Waals surface area contributed by atoms with Crippen molar-refractivity contribution in [3.05, 3.63) is 57.4 Å². The molecule has 1 amide bonds. The van der Waals surface area contributed by atoms with Crippen LogP contribution in [0.5, 0.6) is 5.75 Å². The first-order valence-electron chi connectivity index (χ1n) is 14.8. The van der Waals surface area contributed by atoms with Gasteiger partial charge in [-0.15, -0.1) is 0 Å². The maximum atomic E-state index is 13.5. The smallest absolute Gasteiger partial charge is 0.339 e. The molecule has 0 N–H and O–H groups in total. The van der Waals surface area contributed by atoms with Crippen molar-refractivity contribution in [2.75, 3.05) is 26.7 Å². The summed E-state index contributed by atoms with van der Waals surface area (Å²) in [7, 11) is 1.36. The lowest BCUT2D eigenvalue weighted by Crippen LogP contribution is -2.50. The van der Waals surface area contributed by atoms with Crippen LogP contribution in [0, 0.1) is 6.92 Å². The van der Waals surface area contributed by atoms with Crippen LogP contribution in [0.1, 0.15) is 113 Å². The number of ether oxygens (including phenoxy) is 2. The second-order valence-corrected chi connectivity index (χ2v) is 12.2. The number of fused-ring (bicyclic) bond motifs is 1. The topological polar surface area (TPSA) is 72.0 Å². The van der Waals surface area contributed by atoms with Gasteiger partial charge in [0.25, 0.3) is 5.91 Å². The molecule has 39 heavy (non-hydrogen) atoms. The molecule has 7 heteroatoms. The third-order valence-electron chi connectivity index (χ3n) is 8.83. The van der Waals surface area contributed by atoms with Gasteiger partial charge in [0.15, 0.2) is 0 Å². The molecule has 6 rings (SSSR count). The Kier molecular flexibility index (Phi) is 7.13. The molecular weight excluding hydrogens is 490 g/mol. The van der Waals surface area contributed by atoms with Crippen LogP contribution in [0.15, 0.2) is 18.2 Å². The van der Waals surface area contributed by atoms with E-state index in [0.717, 1.165) is 62.2 Å². The minimum atomic E-state index is -0.447. The lowest BCUT2D eigenvalue weighted by atomic mass is 9.94. The molecule has 2 aliphatic heterocycles. The Bertz CT molecular complexity index is 1270. The fraction of sp³-hybridized carbons (Fsp3) is 0.594. The van der Waals surface area contributed by atoms with Gasteiger partial charge in [-0.2, -0.15) is 0 Å². The Balaban J connectivity index is 1.15. The molecule has 2 aromatic rings. The van der Waals surface area contributed by atoms with E-state index in [-0.39, 0.29) is 18.1 Å². The molecule has 0 bridgehead atoms. The number of likely N-dealkylation sites (tertiary alicyclic amines) is 1. The molecule has 0 radical (unpaired) electrons. The first-order chi connectivity index (χ1) is 18.8. The molecule has 7 nitrogen and oxygen atoms in total. The Morgan fingerprint density at radius 2 is 1.67 bits per heavy atom. The highest BCUT2D eigenvalue weighted by molar-refractivity contribution is 6.00. The SMILES string of the molecule is COC(=O)c1cc2c(nc1C)CCN(C1CCN(Cc3cc(C4CC4)c(C4CC4)cc3OC(C)C)CC1)C2=O. The van der Waals surface area contributed by atoms with Gasteiger partial charge in [0.1, 0.15) is 5.75 Å². The molecule has 3 fully saturated rings. The van der Waals surface area contributed by atoms with Crippen LogP contribution >= 0.6 is 0 Å². The number of esters is 1. The summed E-state index contributed by atoms with van der Waals surface area (Å²) in [4.78, 5) is 34.8. The molecule has 208 valence electrons. The van der Waals surface area contributed by atoms with Gasteiger partial charge < -0.3 is 14.4 Å². The lowest BCUT2D eigenvalue weighted by Gasteiger charge is -2.40. The van der Waals surface area contributed by atoms with E-state index < -0.39 is 5.97 Å². The number of amides is 1. The van der Waals surface area contributed by atoms with Gasteiger partial charge in [-0.1, -0.05) is 6.07 Å². The number of aryl methyl sites for hydroxylation is 1. The average molecular weight is 532 g/mol. The number of pyridine rings is 1. The highest BCUT2D eigenvalue weighted by Gasteiger charge is 2.36. The minimum Gasteiger partial charge on any atom is -0.491 e. The van der Waals surface area contributed by atoms with Crippen molar-refractivity contribution in [1.29, 1.82) is 0 Å². The number of piperidine rings is 1. The van der Waals surface area contributed by atoms with E-state index in [1.54, 1.807) is 24.1 Å². The Labute approximate surface area is 231 Å². The van der Waals surface area contributed by atoms with Crippen molar-refractivity contribution in [3.8, 4) is 5.75 Å². The van der Waals surface area contributed by atoms with Gasteiger partial charge in [0.2, 0.25) is 0 Å². The molecule has 2 aliphatic carbocycles. The van der Waals surface area contributed by atoms with E-state index in [4.69, 9.17) is 9.47 Å². The first-order valence-corrected chi connectivity index (χ1v) is 14.8. The molecule has 1 aromatic carbocycles. The number of rotatable bonds is 8. The van der Waals surface area contributed by atoms with Crippen LogP contribution in [0.2, 0.25) is 0 Å². The van der Waals surface area contributed by atoms with Gasteiger partial charge in [-0.3, -0.25) is 14.7 Å². The predicted molar refractivity (Wildman–Crippen MR) is 150 cm³/mol. The maximum Gasteiger partial charge on any atom is 0.339 e. The van der Waals surface area contributed by atoms with Crippen molar-refractivity contribution in [1.82, 2.24) is 14.8 Å². The van der Waals surface area contributed by atoms with E-state index >= 15 is 0 Å². The van der Waals surface area contributed by atoms with Crippen LogP contribution in [0.3, 0.4) is 0 Å². The zero-order valence-electron chi connectivity index (χ0n) is 23.8. The van der Waals surface area contributed by atoms with Crippen LogP contribution < -0.4 is 4.74 Å². The molecule has 1 aromatic heterocycles. The summed E-state index contributed by atoms with van der Waals surface area (Å²) in [5, 5.41) is 0. The van der Waals surface area contributed by atoms with E-state index in [2.05, 4.69) is 35.9 Å². The van der Waals surface area contributed by atoms with Crippen LogP contribution in [-0.2, 0) is 17.7 Å². The molecule has 0 atom stereocenters. The Hall–Kier alpha value is -2.93. The second-order valence-electron chi connectivity index (χ2n) is 12.2. The van der Waals surface area contributed by atoms with Crippen molar-refractivity contribution in [3.63, 3.8) is 0 Å². The first kappa shape index (κ1) is 26.3. The number of methoxy groups -OCH3 is 1. The number of hydrogen-bond acceptors (Lipinski definition) is 6. The fourth-order valence-electron chi connectivity index (χ4n) is 6.45. The van der Waals surface area contributed by atoms with Gasteiger partial charge in [-0.25, -0.2) is 4.79 Å². The van der Waals surface area contributed by atoms with E-state index in [9.17, 15) is 9.59 Å². The van der Waals surface area contributed by atoms with Gasteiger partial charge in [-0.05, 0) is 94.4 Å². The van der Waals surface area contributed by atoms with Crippen LogP contribution in [0.25, 0.3) is 0 Å². The number of nitrogens with zero attached hydrogens (tertiary/aromatic N) is 3. The standard InChI is InChI=1S/C32H41N3O4/c1-19(2)39-30-17-27(22-7-8-22)26(21-5-6-21)15-23(30)18-34-12-9-24(10-13-34)35-14-11-29-28(31(35)36)16-25(20(3)33-29)32(37)38-4/h15-17,19,21-22,24H,5-14,18H2,1-4H3. The number of hydrogen-bond donors (Lipinski definition) is 0. The second kappa shape index (κ2) is 10.6. The van der Waals surface area contributed by atoms with E-state index in [1.165, 1.54) is 38.4 Å². The third-order valence-corrected chi connectivity index (χ3v) is 8.83. The molecule has 0 unspecified atom stereocenters. The third kappa shape index (κ3) is 5.43. The van der Waals surface area contributed by atoms with Crippen molar-refractivity contribution in [2.45, 2.75) is 96.2 Å². The van der Waals surface area contributed by atoms with Gasteiger partial charge in [0.05, 0.1) is 35.7 Å². The number of carbonyl (C=O) groups is 2. The van der Waals surface area contributed by atoms with Crippen LogP contribution in [-0.4, -0.2) is 65.6 Å². The molecule has 0 spiro atoms. The zero-order chi connectivity index (χ0) is 27.3. The quantitative estimate of drug-likeness (QED) is 0.426. The largest absolute Gasteiger partial charge is 0.491 e. The maximum absolute atomic E-state index is 13.5. The van der Waals surface area contributed by atoms with Crippen molar-refractivity contribution >= 4 is 11.9 Å². The minimum absolute atomic E-state index is 0.00953. The summed E-state index contributed by atoms with van der Waals surface area (Å²) in [5.41, 5.74) is 6.76. The molecule has 2 saturated carbocycles. The number of carbonyl (C=O) groups excluding carboxylic acids is 2. The molecule has 4 aliphatic rings. The normalized spacial score (nSPS) is 20.3. The monoisotopic (exact) mass is 531 g/mol. The summed E-state index contributed by atoms with van der Waals surface area (Å²) in [6.07, 6.45) is 8.02. The Morgan fingerprint density at radius 3 is 2.28 bits per heavy atom. The average Bonchev–Trinajstić information content (AvgIpc) is 3.83. The Morgan fingerprint density at radius 1 is 1.00 bits per heavy atom. The van der Waals surface area contributed by atoms with Crippen LogP contribution in [0.4, 0.5) is 0 Å². The van der Waals surface area contributed by atoms with Gasteiger partial charge in [0, 0.05) is 44.2 Å². The molecule has 1 saturated heterocycles. The highest BCUT2D eigenvalue weighted by atomic mass is 16.5. The summed E-state index contributed by atoms with van der Waals surface area (Å²) in [6.45, 7) is 9.49. The molecular formula is C32H41N3O4. The van der Waals surface area contributed by atoms with Crippen molar-refractivity contribution < 1.29 is 19.1 Å². The zero-order valence-corrected chi connectivity index (χ0v) is 23.8. The summed E-state index contributed by atoms with van der Waals surface area (Å²) in [6, 6.07) is 6.73. The highest BCUT2D eigenvalue weighted by Crippen LogP contribution is 2.51. The van der Waals surface area contributed by atoms with E-state index in [1.807, 2.05) is 4.90 Å². The summed E-state index contributed by atoms with van der Waals surface area (Å²) < 4.78 is 11.3. The van der Waals surface area contributed by atoms with E-state index in [0.29, 0.717) is 23.4 Å². The lowest BCUT2D eigenvalue weighted by molar-refractivity contribution is 0.0542. The summed E-state index contributed by atoms with van der Waals surface area (Å²) in [5.74, 6) is 2.08. The number of benzene rings is 1.